The minimum absolute atomic E-state index is 0.00193. The van der Waals surface area contributed by atoms with Crippen molar-refractivity contribution in [2.75, 3.05) is 18.8 Å². The van der Waals surface area contributed by atoms with Crippen molar-refractivity contribution in [1.29, 1.82) is 0 Å². The van der Waals surface area contributed by atoms with Crippen molar-refractivity contribution in [3.8, 4) is 0 Å². The summed E-state index contributed by atoms with van der Waals surface area (Å²) in [5, 5.41) is 4.10. The summed E-state index contributed by atoms with van der Waals surface area (Å²) in [7, 11) is -3.14. The third kappa shape index (κ3) is 4.94. The lowest BCUT2D eigenvalue weighted by atomic mass is 10.1. The van der Waals surface area contributed by atoms with Crippen LogP contribution in [0.5, 0.6) is 0 Å². The van der Waals surface area contributed by atoms with Gasteiger partial charge in [0.25, 0.3) is 5.91 Å². The number of carbonyl (C=O) groups excluding carboxylic acids is 1. The van der Waals surface area contributed by atoms with E-state index in [4.69, 9.17) is 0 Å². The Morgan fingerprint density at radius 2 is 2.08 bits per heavy atom. The predicted octanol–water partition coefficient (Wildman–Crippen LogP) is 2.13. The number of nitrogens with zero attached hydrogens (tertiary/aromatic N) is 2. The standard InChI is InChI=1S/C16H25N3O3S2/c1-4-24(21,22)19-10-7-13(8-11-19)18-15(20)14-6-5-9-17-16(14)23-12(2)3/h5-6,9,12-13H,4,7-8,10-11H2,1-3H3,(H,18,20). The molecule has 1 fully saturated rings. The number of thioether (sulfide) groups is 1. The number of rotatable bonds is 6. The molecular formula is C16H25N3O3S2. The van der Waals surface area contributed by atoms with Gasteiger partial charge in [0, 0.05) is 30.6 Å². The van der Waals surface area contributed by atoms with E-state index in [0.29, 0.717) is 36.7 Å². The van der Waals surface area contributed by atoms with Crippen molar-refractivity contribution in [1.82, 2.24) is 14.6 Å². The first-order valence-corrected chi connectivity index (χ1v) is 10.7. The van der Waals surface area contributed by atoms with Crippen LogP contribution in [0.3, 0.4) is 0 Å². The fraction of sp³-hybridized carbons (Fsp3) is 0.625. The van der Waals surface area contributed by atoms with E-state index in [2.05, 4.69) is 24.1 Å². The monoisotopic (exact) mass is 371 g/mol. The van der Waals surface area contributed by atoms with Crippen molar-refractivity contribution >= 4 is 27.7 Å². The average molecular weight is 372 g/mol. The lowest BCUT2D eigenvalue weighted by molar-refractivity contribution is 0.0920. The van der Waals surface area contributed by atoms with Crippen molar-refractivity contribution in [2.45, 2.75) is 49.9 Å². The molecule has 0 radical (unpaired) electrons. The van der Waals surface area contributed by atoms with Gasteiger partial charge in [0.15, 0.2) is 0 Å². The molecule has 2 heterocycles. The van der Waals surface area contributed by atoms with Crippen molar-refractivity contribution in [2.24, 2.45) is 0 Å². The van der Waals surface area contributed by atoms with Gasteiger partial charge < -0.3 is 5.32 Å². The first kappa shape index (κ1) is 19.2. The number of nitrogens with one attached hydrogen (secondary N) is 1. The topological polar surface area (TPSA) is 79.4 Å². The van der Waals surface area contributed by atoms with E-state index in [1.165, 1.54) is 4.31 Å². The largest absolute Gasteiger partial charge is 0.349 e. The van der Waals surface area contributed by atoms with Gasteiger partial charge in [-0.25, -0.2) is 17.7 Å². The number of aromatic nitrogens is 1. The number of hydrogen-bond acceptors (Lipinski definition) is 5. The zero-order chi connectivity index (χ0) is 17.7. The molecule has 1 aliphatic heterocycles. The molecule has 1 N–H and O–H groups in total. The Labute approximate surface area is 148 Å². The highest BCUT2D eigenvalue weighted by Gasteiger charge is 2.28. The molecule has 1 aromatic heterocycles. The van der Waals surface area contributed by atoms with E-state index in [0.717, 1.165) is 5.03 Å². The fourth-order valence-electron chi connectivity index (χ4n) is 2.60. The van der Waals surface area contributed by atoms with Gasteiger partial charge in [-0.2, -0.15) is 0 Å². The summed E-state index contributed by atoms with van der Waals surface area (Å²) in [5.74, 6) is -0.0155. The van der Waals surface area contributed by atoms with Crippen LogP contribution in [0.4, 0.5) is 0 Å². The van der Waals surface area contributed by atoms with Crippen LogP contribution < -0.4 is 5.32 Å². The van der Waals surface area contributed by atoms with E-state index in [9.17, 15) is 13.2 Å². The molecule has 134 valence electrons. The Kier molecular flexibility index (Phi) is 6.65. The summed E-state index contributed by atoms with van der Waals surface area (Å²) in [6.45, 7) is 6.69. The Hall–Kier alpha value is -1.12. The highest BCUT2D eigenvalue weighted by molar-refractivity contribution is 7.99. The molecular weight excluding hydrogens is 346 g/mol. The van der Waals surface area contributed by atoms with E-state index < -0.39 is 10.0 Å². The minimum atomic E-state index is -3.14. The van der Waals surface area contributed by atoms with Gasteiger partial charge in [-0.1, -0.05) is 13.8 Å². The van der Waals surface area contributed by atoms with Crippen LogP contribution in [0, 0.1) is 0 Å². The zero-order valence-corrected chi connectivity index (χ0v) is 16.0. The van der Waals surface area contributed by atoms with Crippen LogP contribution in [-0.2, 0) is 10.0 Å². The number of hydrogen-bond donors (Lipinski definition) is 1. The predicted molar refractivity (Wildman–Crippen MR) is 96.8 cm³/mol. The van der Waals surface area contributed by atoms with Gasteiger partial charge in [0.1, 0.15) is 5.03 Å². The number of piperidine rings is 1. The fourth-order valence-corrected chi connectivity index (χ4v) is 4.59. The number of carbonyl (C=O) groups is 1. The molecule has 0 unspecified atom stereocenters. The maximum absolute atomic E-state index is 12.6. The maximum Gasteiger partial charge on any atom is 0.254 e. The third-order valence-electron chi connectivity index (χ3n) is 3.91. The van der Waals surface area contributed by atoms with Crippen molar-refractivity contribution < 1.29 is 13.2 Å². The highest BCUT2D eigenvalue weighted by Crippen LogP contribution is 2.24. The summed E-state index contributed by atoms with van der Waals surface area (Å²) >= 11 is 1.56. The SMILES string of the molecule is CCS(=O)(=O)N1CCC(NC(=O)c2cccnc2SC(C)C)CC1. The molecule has 6 nitrogen and oxygen atoms in total. The molecule has 2 rings (SSSR count). The van der Waals surface area contributed by atoms with Gasteiger partial charge in [-0.15, -0.1) is 11.8 Å². The van der Waals surface area contributed by atoms with Crippen LogP contribution >= 0.6 is 11.8 Å². The molecule has 0 aliphatic carbocycles. The molecule has 1 aliphatic rings. The van der Waals surface area contributed by atoms with Crippen molar-refractivity contribution in [3.05, 3.63) is 23.9 Å². The summed E-state index contributed by atoms with van der Waals surface area (Å²) < 4.78 is 25.3. The Bertz CT molecular complexity index is 669. The average Bonchev–Trinajstić information content (AvgIpc) is 2.55. The molecule has 0 spiro atoms. The summed E-state index contributed by atoms with van der Waals surface area (Å²) in [6, 6.07) is 3.54. The van der Waals surface area contributed by atoms with Gasteiger partial charge in [-0.3, -0.25) is 4.79 Å². The van der Waals surface area contributed by atoms with Crippen molar-refractivity contribution in [3.63, 3.8) is 0 Å². The highest BCUT2D eigenvalue weighted by atomic mass is 32.2. The normalized spacial score (nSPS) is 17.2. The number of sulfonamides is 1. The second-order valence-corrected chi connectivity index (χ2v) is 9.89. The van der Waals surface area contributed by atoms with Gasteiger partial charge in [0.05, 0.1) is 11.3 Å². The summed E-state index contributed by atoms with van der Waals surface area (Å²) in [5.41, 5.74) is 0.583. The Morgan fingerprint density at radius 1 is 1.42 bits per heavy atom. The molecule has 1 amide bonds. The first-order chi connectivity index (χ1) is 11.3. The van der Waals surface area contributed by atoms with Crippen LogP contribution in [-0.4, -0.2) is 53.7 Å². The minimum Gasteiger partial charge on any atom is -0.349 e. The Balaban J connectivity index is 1.97. The summed E-state index contributed by atoms with van der Waals surface area (Å²) in [4.78, 5) is 16.9. The smallest absolute Gasteiger partial charge is 0.254 e. The third-order valence-corrected chi connectivity index (χ3v) is 6.81. The van der Waals surface area contributed by atoms with Gasteiger partial charge in [0.2, 0.25) is 10.0 Å². The molecule has 0 saturated carbocycles. The summed E-state index contributed by atoms with van der Waals surface area (Å²) in [6.07, 6.45) is 2.96. The van der Waals surface area contributed by atoms with Crippen LogP contribution in [0.2, 0.25) is 0 Å². The van der Waals surface area contributed by atoms with Gasteiger partial charge in [-0.05, 0) is 31.9 Å². The molecule has 0 atom stereocenters. The van der Waals surface area contributed by atoms with E-state index in [1.54, 1.807) is 37.0 Å². The molecule has 1 aromatic rings. The number of pyridine rings is 1. The molecule has 0 bridgehead atoms. The number of amides is 1. The van der Waals surface area contributed by atoms with Crippen LogP contribution in [0.15, 0.2) is 23.4 Å². The quantitative estimate of drug-likeness (QED) is 0.775. The molecule has 1 saturated heterocycles. The lowest BCUT2D eigenvalue weighted by Crippen LogP contribution is -2.47. The van der Waals surface area contributed by atoms with E-state index in [-0.39, 0.29) is 17.7 Å². The second kappa shape index (κ2) is 8.31. The van der Waals surface area contributed by atoms with E-state index >= 15 is 0 Å². The molecule has 24 heavy (non-hydrogen) atoms. The van der Waals surface area contributed by atoms with Crippen LogP contribution in [0.1, 0.15) is 44.0 Å². The molecule has 8 heteroatoms. The first-order valence-electron chi connectivity index (χ1n) is 8.24. The second-order valence-electron chi connectivity index (χ2n) is 6.07. The lowest BCUT2D eigenvalue weighted by Gasteiger charge is -2.31. The van der Waals surface area contributed by atoms with Gasteiger partial charge >= 0.3 is 0 Å². The van der Waals surface area contributed by atoms with E-state index in [1.807, 2.05) is 0 Å². The zero-order valence-electron chi connectivity index (χ0n) is 14.4. The Morgan fingerprint density at radius 3 is 2.67 bits per heavy atom. The van der Waals surface area contributed by atoms with Crippen LogP contribution in [0.25, 0.3) is 0 Å². The molecule has 0 aromatic carbocycles. The maximum atomic E-state index is 12.6.